The molecular weight excluding hydrogens is 228 g/mol. The van der Waals surface area contributed by atoms with Crippen molar-refractivity contribution in [3.8, 4) is 0 Å². The molecule has 1 aliphatic heterocycles. The van der Waals surface area contributed by atoms with E-state index in [4.69, 9.17) is 4.74 Å². The van der Waals surface area contributed by atoms with E-state index in [2.05, 4.69) is 10.2 Å². The molecule has 1 saturated heterocycles. The lowest BCUT2D eigenvalue weighted by atomic mass is 9.88. The molecule has 0 radical (unpaired) electrons. The van der Waals surface area contributed by atoms with Gasteiger partial charge in [-0.1, -0.05) is 6.42 Å². The molecule has 2 bridgehead atoms. The van der Waals surface area contributed by atoms with Gasteiger partial charge in [0.25, 0.3) is 0 Å². The summed E-state index contributed by atoms with van der Waals surface area (Å²) in [5.41, 5.74) is 0. The Morgan fingerprint density at radius 3 is 2.72 bits per heavy atom. The van der Waals surface area contributed by atoms with Gasteiger partial charge in [0.2, 0.25) is 5.91 Å². The Labute approximate surface area is 109 Å². The van der Waals surface area contributed by atoms with Gasteiger partial charge in [0.15, 0.2) is 0 Å². The lowest BCUT2D eigenvalue weighted by Gasteiger charge is -2.27. The van der Waals surface area contributed by atoms with Crippen molar-refractivity contribution in [3.05, 3.63) is 0 Å². The van der Waals surface area contributed by atoms with Gasteiger partial charge in [-0.2, -0.15) is 0 Å². The summed E-state index contributed by atoms with van der Waals surface area (Å²) in [6, 6.07) is 0. The number of morpholine rings is 1. The fraction of sp³-hybridized carbons (Fsp3) is 0.929. The second kappa shape index (κ2) is 5.57. The lowest BCUT2D eigenvalue weighted by Crippen LogP contribution is -2.43. The monoisotopic (exact) mass is 252 g/mol. The maximum absolute atomic E-state index is 12.1. The van der Waals surface area contributed by atoms with Gasteiger partial charge in [0.1, 0.15) is 0 Å². The van der Waals surface area contributed by atoms with Gasteiger partial charge in [-0.15, -0.1) is 0 Å². The number of carbonyl (C=O) groups excluding carboxylic acids is 1. The van der Waals surface area contributed by atoms with E-state index in [-0.39, 0.29) is 0 Å². The van der Waals surface area contributed by atoms with Crippen molar-refractivity contribution in [2.24, 2.45) is 17.8 Å². The Morgan fingerprint density at radius 1 is 1.22 bits per heavy atom. The molecule has 4 nitrogen and oxygen atoms in total. The fourth-order valence-electron chi connectivity index (χ4n) is 3.86. The third-order valence-electron chi connectivity index (χ3n) is 4.91. The van der Waals surface area contributed by atoms with Crippen molar-refractivity contribution in [3.63, 3.8) is 0 Å². The first kappa shape index (κ1) is 12.4. The van der Waals surface area contributed by atoms with Crippen LogP contribution in [0.2, 0.25) is 0 Å². The first-order valence-electron chi connectivity index (χ1n) is 7.41. The van der Waals surface area contributed by atoms with Crippen LogP contribution >= 0.6 is 0 Å². The summed E-state index contributed by atoms with van der Waals surface area (Å²) in [5.74, 6) is 2.19. The minimum Gasteiger partial charge on any atom is -0.379 e. The number of amides is 1. The number of fused-ring (bicyclic) bond motifs is 2. The van der Waals surface area contributed by atoms with Crippen LogP contribution in [0.1, 0.15) is 25.7 Å². The Morgan fingerprint density at radius 2 is 2.06 bits per heavy atom. The first-order chi connectivity index (χ1) is 8.83. The molecule has 1 heterocycles. The zero-order valence-corrected chi connectivity index (χ0v) is 11.1. The Bertz CT molecular complexity index is 302. The molecule has 0 aromatic heterocycles. The standard InChI is InChI=1S/C14H24N2O2/c17-14(13-10-11-1-2-12(13)9-11)15-3-4-16-5-7-18-8-6-16/h11-13H,1-10H2,(H,15,17)/t11-,12-,13+/m1/s1. The molecule has 2 aliphatic carbocycles. The second-order valence-corrected chi connectivity index (χ2v) is 6.03. The molecule has 0 aromatic carbocycles. The Hall–Kier alpha value is -0.610. The summed E-state index contributed by atoms with van der Waals surface area (Å²) in [6.45, 7) is 5.44. The highest BCUT2D eigenvalue weighted by molar-refractivity contribution is 5.79. The normalized spacial score (nSPS) is 35.9. The first-order valence-corrected chi connectivity index (χ1v) is 7.41. The summed E-state index contributed by atoms with van der Waals surface area (Å²) in [7, 11) is 0. The topological polar surface area (TPSA) is 41.6 Å². The van der Waals surface area contributed by atoms with E-state index in [1.54, 1.807) is 0 Å². The Balaban J connectivity index is 1.36. The molecule has 0 aromatic rings. The van der Waals surface area contributed by atoms with Crippen molar-refractivity contribution < 1.29 is 9.53 Å². The molecule has 0 spiro atoms. The number of hydrogen-bond donors (Lipinski definition) is 1. The summed E-state index contributed by atoms with van der Waals surface area (Å²) in [5, 5.41) is 3.14. The van der Waals surface area contributed by atoms with Crippen LogP contribution in [0.3, 0.4) is 0 Å². The number of hydrogen-bond acceptors (Lipinski definition) is 3. The minimum atomic E-state index is 0.315. The molecular formula is C14H24N2O2. The molecule has 1 amide bonds. The zero-order chi connectivity index (χ0) is 12.4. The average molecular weight is 252 g/mol. The van der Waals surface area contributed by atoms with Gasteiger partial charge in [-0.05, 0) is 31.1 Å². The van der Waals surface area contributed by atoms with Crippen molar-refractivity contribution in [2.45, 2.75) is 25.7 Å². The van der Waals surface area contributed by atoms with Gasteiger partial charge < -0.3 is 10.1 Å². The van der Waals surface area contributed by atoms with Crippen LogP contribution in [0.25, 0.3) is 0 Å². The van der Waals surface area contributed by atoms with Crippen LogP contribution in [-0.2, 0) is 9.53 Å². The predicted octanol–water partition coefficient (Wildman–Crippen LogP) is 0.871. The summed E-state index contributed by atoms with van der Waals surface area (Å²) >= 11 is 0. The summed E-state index contributed by atoms with van der Waals surface area (Å²) < 4.78 is 5.31. The van der Waals surface area contributed by atoms with Gasteiger partial charge in [-0.3, -0.25) is 9.69 Å². The zero-order valence-electron chi connectivity index (χ0n) is 11.1. The number of carbonyl (C=O) groups is 1. The van der Waals surface area contributed by atoms with Gasteiger partial charge in [0, 0.05) is 32.1 Å². The van der Waals surface area contributed by atoms with E-state index in [0.29, 0.717) is 17.7 Å². The molecule has 3 atom stereocenters. The largest absolute Gasteiger partial charge is 0.379 e. The molecule has 3 fully saturated rings. The fourth-order valence-corrected chi connectivity index (χ4v) is 3.86. The predicted molar refractivity (Wildman–Crippen MR) is 69.2 cm³/mol. The van der Waals surface area contributed by atoms with Crippen LogP contribution in [-0.4, -0.2) is 50.2 Å². The molecule has 3 aliphatic rings. The second-order valence-electron chi connectivity index (χ2n) is 6.03. The molecule has 2 saturated carbocycles. The van der Waals surface area contributed by atoms with Crippen molar-refractivity contribution in [1.82, 2.24) is 10.2 Å². The van der Waals surface area contributed by atoms with E-state index in [9.17, 15) is 4.79 Å². The van der Waals surface area contributed by atoms with E-state index in [0.717, 1.165) is 51.7 Å². The third-order valence-corrected chi connectivity index (χ3v) is 4.91. The molecule has 102 valence electrons. The quantitative estimate of drug-likeness (QED) is 0.807. The van der Waals surface area contributed by atoms with Crippen LogP contribution in [0.15, 0.2) is 0 Å². The van der Waals surface area contributed by atoms with Crippen molar-refractivity contribution >= 4 is 5.91 Å². The highest BCUT2D eigenvalue weighted by atomic mass is 16.5. The van der Waals surface area contributed by atoms with E-state index in [1.165, 1.54) is 19.3 Å². The number of nitrogens with one attached hydrogen (secondary N) is 1. The number of rotatable bonds is 4. The smallest absolute Gasteiger partial charge is 0.223 e. The van der Waals surface area contributed by atoms with Gasteiger partial charge in [0.05, 0.1) is 13.2 Å². The molecule has 3 rings (SSSR count). The highest BCUT2D eigenvalue weighted by Gasteiger charge is 2.42. The number of ether oxygens (including phenoxy) is 1. The van der Waals surface area contributed by atoms with Crippen molar-refractivity contribution in [2.75, 3.05) is 39.4 Å². The Kier molecular flexibility index (Phi) is 3.85. The third kappa shape index (κ3) is 2.69. The van der Waals surface area contributed by atoms with Crippen LogP contribution in [0.5, 0.6) is 0 Å². The van der Waals surface area contributed by atoms with Crippen LogP contribution in [0, 0.1) is 17.8 Å². The average Bonchev–Trinajstić information content (AvgIpc) is 3.02. The molecule has 0 unspecified atom stereocenters. The molecule has 1 N–H and O–H groups in total. The molecule has 4 heteroatoms. The van der Waals surface area contributed by atoms with Crippen LogP contribution in [0.4, 0.5) is 0 Å². The maximum Gasteiger partial charge on any atom is 0.223 e. The molecule has 18 heavy (non-hydrogen) atoms. The van der Waals surface area contributed by atoms with Crippen molar-refractivity contribution in [1.29, 1.82) is 0 Å². The van der Waals surface area contributed by atoms with Gasteiger partial charge >= 0.3 is 0 Å². The number of nitrogens with zero attached hydrogens (tertiary/aromatic N) is 1. The van der Waals surface area contributed by atoms with Crippen LogP contribution < -0.4 is 5.32 Å². The van der Waals surface area contributed by atoms with E-state index < -0.39 is 0 Å². The van der Waals surface area contributed by atoms with Gasteiger partial charge in [-0.25, -0.2) is 0 Å². The highest BCUT2D eigenvalue weighted by Crippen LogP contribution is 2.48. The minimum absolute atomic E-state index is 0.315. The summed E-state index contributed by atoms with van der Waals surface area (Å²) in [6.07, 6.45) is 5.10. The maximum atomic E-state index is 12.1. The summed E-state index contributed by atoms with van der Waals surface area (Å²) in [4.78, 5) is 14.5. The van der Waals surface area contributed by atoms with E-state index in [1.807, 2.05) is 0 Å². The SMILES string of the molecule is O=C(NCCN1CCOCC1)[C@H]1C[C@@H]2CC[C@@H]1C2. The lowest BCUT2D eigenvalue weighted by molar-refractivity contribution is -0.126. The van der Waals surface area contributed by atoms with E-state index >= 15 is 0 Å².